The molecule has 2 aromatic carbocycles. The second-order valence-electron chi connectivity index (χ2n) is 5.07. The van der Waals surface area contributed by atoms with E-state index in [1.165, 1.54) is 18.0 Å². The maximum Gasteiger partial charge on any atom is 0.261 e. The van der Waals surface area contributed by atoms with Gasteiger partial charge >= 0.3 is 0 Å². The number of rotatable bonds is 5. The van der Waals surface area contributed by atoms with Gasteiger partial charge < -0.3 is 9.84 Å². The first-order chi connectivity index (χ1) is 12.1. The monoisotopic (exact) mass is 403 g/mol. The summed E-state index contributed by atoms with van der Waals surface area (Å²) in [4.78, 5) is 12.0. The second kappa shape index (κ2) is 7.31. The van der Waals surface area contributed by atoms with Crippen molar-refractivity contribution in [1.82, 2.24) is 20.4 Å². The van der Waals surface area contributed by atoms with E-state index in [0.717, 1.165) is 5.52 Å². The molecule has 0 saturated carbocycles. The minimum Gasteiger partial charge on any atom is -0.504 e. The standard InChI is InChI=1S/C16H14BrN5O3/c1-25-14-7-11(17)6-10(16(14)24)8-18-20-15(23)9-22-13-5-3-2-4-12(13)19-21-22/h2-8,24H,9H2,1H3,(H,20,23)/b18-8-. The molecule has 0 unspecified atom stereocenters. The number of methoxy groups -OCH3 is 1. The van der Waals surface area contributed by atoms with E-state index in [4.69, 9.17) is 4.74 Å². The van der Waals surface area contributed by atoms with Gasteiger partial charge in [0.2, 0.25) is 0 Å². The van der Waals surface area contributed by atoms with Crippen molar-refractivity contribution < 1.29 is 14.6 Å². The Kier molecular flexibility index (Phi) is 4.94. The fourth-order valence-electron chi connectivity index (χ4n) is 2.23. The first kappa shape index (κ1) is 16.9. The quantitative estimate of drug-likeness (QED) is 0.501. The summed E-state index contributed by atoms with van der Waals surface area (Å²) in [6, 6.07) is 10.6. The maximum absolute atomic E-state index is 12.0. The molecule has 0 aliphatic carbocycles. The molecule has 128 valence electrons. The molecule has 0 aliphatic heterocycles. The number of phenolic OH excluding ortho intramolecular Hbond substituents is 1. The van der Waals surface area contributed by atoms with Crippen molar-refractivity contribution in [3.63, 3.8) is 0 Å². The van der Waals surface area contributed by atoms with Crippen LogP contribution in [0.2, 0.25) is 0 Å². The van der Waals surface area contributed by atoms with Crippen LogP contribution in [0.25, 0.3) is 11.0 Å². The lowest BCUT2D eigenvalue weighted by Crippen LogP contribution is -2.23. The van der Waals surface area contributed by atoms with Crippen molar-refractivity contribution >= 4 is 39.1 Å². The van der Waals surface area contributed by atoms with Crippen LogP contribution in [0.3, 0.4) is 0 Å². The van der Waals surface area contributed by atoms with Crippen molar-refractivity contribution in [3.05, 3.63) is 46.4 Å². The number of benzene rings is 2. The van der Waals surface area contributed by atoms with Crippen molar-refractivity contribution in [3.8, 4) is 11.5 Å². The number of para-hydroxylation sites is 1. The van der Waals surface area contributed by atoms with Crippen LogP contribution in [0.4, 0.5) is 0 Å². The van der Waals surface area contributed by atoms with Gasteiger partial charge in [0.05, 0.1) is 18.8 Å². The summed E-state index contributed by atoms with van der Waals surface area (Å²) in [5.41, 5.74) is 4.27. The average Bonchev–Trinajstić information content (AvgIpc) is 3.00. The Hall–Kier alpha value is -2.94. The Balaban J connectivity index is 1.68. The number of hydrogen-bond donors (Lipinski definition) is 2. The number of aromatic hydroxyl groups is 1. The highest BCUT2D eigenvalue weighted by Crippen LogP contribution is 2.32. The Labute approximate surface area is 151 Å². The van der Waals surface area contributed by atoms with Gasteiger partial charge in [-0.15, -0.1) is 5.10 Å². The molecule has 0 spiro atoms. The van der Waals surface area contributed by atoms with Gasteiger partial charge in [0, 0.05) is 10.0 Å². The Morgan fingerprint density at radius 3 is 3.04 bits per heavy atom. The minimum absolute atomic E-state index is 0.0222. The smallest absolute Gasteiger partial charge is 0.261 e. The fourth-order valence-corrected chi connectivity index (χ4v) is 2.68. The number of fused-ring (bicyclic) bond motifs is 1. The number of carbonyl (C=O) groups excluding carboxylic acids is 1. The molecule has 0 bridgehead atoms. The van der Waals surface area contributed by atoms with E-state index < -0.39 is 0 Å². The van der Waals surface area contributed by atoms with Crippen LogP contribution in [-0.2, 0) is 11.3 Å². The predicted octanol–water partition coefficient (Wildman–Crippen LogP) is 2.06. The topological polar surface area (TPSA) is 102 Å². The lowest BCUT2D eigenvalue weighted by Gasteiger charge is -2.06. The summed E-state index contributed by atoms with van der Waals surface area (Å²) in [6.45, 7) is -0.0222. The zero-order valence-electron chi connectivity index (χ0n) is 13.2. The number of hydrogen-bond acceptors (Lipinski definition) is 6. The summed E-state index contributed by atoms with van der Waals surface area (Å²) in [5, 5.41) is 21.8. The molecule has 0 atom stereocenters. The van der Waals surface area contributed by atoms with E-state index >= 15 is 0 Å². The van der Waals surface area contributed by atoms with E-state index in [1.807, 2.05) is 24.3 Å². The van der Waals surface area contributed by atoms with Crippen LogP contribution in [0, 0.1) is 0 Å². The van der Waals surface area contributed by atoms with E-state index in [2.05, 4.69) is 36.8 Å². The minimum atomic E-state index is -0.367. The first-order valence-electron chi connectivity index (χ1n) is 7.25. The Morgan fingerprint density at radius 1 is 1.44 bits per heavy atom. The molecule has 1 amide bonds. The number of hydrazone groups is 1. The summed E-state index contributed by atoms with van der Waals surface area (Å²) >= 11 is 3.31. The molecular weight excluding hydrogens is 390 g/mol. The fraction of sp³-hybridized carbons (Fsp3) is 0.125. The Morgan fingerprint density at radius 2 is 2.24 bits per heavy atom. The predicted molar refractivity (Wildman–Crippen MR) is 95.6 cm³/mol. The van der Waals surface area contributed by atoms with Crippen LogP contribution >= 0.6 is 15.9 Å². The molecule has 8 nitrogen and oxygen atoms in total. The van der Waals surface area contributed by atoms with Crippen LogP contribution in [0.5, 0.6) is 11.5 Å². The van der Waals surface area contributed by atoms with Gasteiger partial charge in [-0.05, 0) is 24.3 Å². The first-order valence-corrected chi connectivity index (χ1v) is 8.04. The van der Waals surface area contributed by atoms with Gasteiger partial charge in [-0.25, -0.2) is 10.1 Å². The van der Waals surface area contributed by atoms with Gasteiger partial charge in [-0.1, -0.05) is 33.3 Å². The number of amides is 1. The highest BCUT2D eigenvalue weighted by Gasteiger charge is 2.09. The lowest BCUT2D eigenvalue weighted by molar-refractivity contribution is -0.121. The van der Waals surface area contributed by atoms with Gasteiger partial charge in [-0.3, -0.25) is 4.79 Å². The zero-order valence-corrected chi connectivity index (χ0v) is 14.8. The van der Waals surface area contributed by atoms with E-state index in [9.17, 15) is 9.90 Å². The molecule has 3 rings (SSSR count). The van der Waals surface area contributed by atoms with E-state index in [0.29, 0.717) is 21.3 Å². The number of halogens is 1. The van der Waals surface area contributed by atoms with Crippen molar-refractivity contribution in [2.75, 3.05) is 7.11 Å². The van der Waals surface area contributed by atoms with Gasteiger partial charge in [0.1, 0.15) is 12.1 Å². The molecular formula is C16H14BrN5O3. The number of nitrogens with zero attached hydrogens (tertiary/aromatic N) is 4. The summed E-state index contributed by atoms with van der Waals surface area (Å²) in [7, 11) is 1.45. The third-order valence-corrected chi connectivity index (χ3v) is 3.85. The normalized spacial score (nSPS) is 11.1. The molecule has 9 heteroatoms. The second-order valence-corrected chi connectivity index (χ2v) is 5.99. The van der Waals surface area contributed by atoms with Crippen LogP contribution in [0.15, 0.2) is 46.0 Å². The largest absolute Gasteiger partial charge is 0.504 e. The lowest BCUT2D eigenvalue weighted by atomic mass is 10.2. The number of carbonyl (C=O) groups is 1. The maximum atomic E-state index is 12.0. The highest BCUT2D eigenvalue weighted by molar-refractivity contribution is 9.10. The summed E-state index contributed by atoms with van der Waals surface area (Å²) in [5.74, 6) is -0.129. The number of phenols is 1. The number of aromatic nitrogens is 3. The average molecular weight is 404 g/mol. The summed E-state index contributed by atoms with van der Waals surface area (Å²) < 4.78 is 7.26. The number of ether oxygens (including phenoxy) is 1. The van der Waals surface area contributed by atoms with Crippen LogP contribution in [-0.4, -0.2) is 39.3 Å². The molecule has 0 saturated heterocycles. The molecule has 0 fully saturated rings. The third kappa shape index (κ3) is 3.77. The van der Waals surface area contributed by atoms with Crippen molar-refractivity contribution in [1.29, 1.82) is 0 Å². The van der Waals surface area contributed by atoms with Gasteiger partial charge in [0.25, 0.3) is 5.91 Å². The molecule has 25 heavy (non-hydrogen) atoms. The molecule has 1 aromatic heterocycles. The van der Waals surface area contributed by atoms with Crippen LogP contribution < -0.4 is 10.2 Å². The number of nitrogens with one attached hydrogen (secondary N) is 1. The summed E-state index contributed by atoms with van der Waals surface area (Å²) in [6.07, 6.45) is 1.33. The third-order valence-electron chi connectivity index (χ3n) is 3.40. The SMILES string of the molecule is COc1cc(Br)cc(/C=N\NC(=O)Cn2nnc3ccccc32)c1O. The molecule has 2 N–H and O–H groups in total. The molecule has 1 heterocycles. The van der Waals surface area contributed by atoms with E-state index in [1.54, 1.807) is 12.1 Å². The van der Waals surface area contributed by atoms with Crippen molar-refractivity contribution in [2.45, 2.75) is 6.54 Å². The zero-order chi connectivity index (χ0) is 17.8. The van der Waals surface area contributed by atoms with Crippen molar-refractivity contribution in [2.24, 2.45) is 5.10 Å². The molecule has 0 radical (unpaired) electrons. The van der Waals surface area contributed by atoms with Crippen LogP contribution in [0.1, 0.15) is 5.56 Å². The molecule has 3 aromatic rings. The Bertz CT molecular complexity index is 954. The molecule has 0 aliphatic rings. The van der Waals surface area contributed by atoms with Gasteiger partial charge in [0.15, 0.2) is 11.5 Å². The van der Waals surface area contributed by atoms with Gasteiger partial charge in [-0.2, -0.15) is 5.10 Å². The highest BCUT2D eigenvalue weighted by atomic mass is 79.9. The van der Waals surface area contributed by atoms with E-state index in [-0.39, 0.29) is 18.2 Å².